The smallest absolute Gasteiger partial charge is 0.411 e. The number of nitrogens with zero attached hydrogens (tertiary/aromatic N) is 1. The molecule has 3 amide bonds. The minimum Gasteiger partial charge on any atom is -0.453 e. The van der Waals surface area contributed by atoms with E-state index in [2.05, 4.69) is 10.1 Å². The summed E-state index contributed by atoms with van der Waals surface area (Å²) in [7, 11) is 1.18. The topological polar surface area (TPSA) is 102 Å². The molecule has 1 N–H and O–H groups in total. The zero-order chi connectivity index (χ0) is 18.0. The average Bonchev–Trinajstić information content (AvgIpc) is 2.87. The molecule has 2 aromatic rings. The Balaban J connectivity index is 1.84. The summed E-state index contributed by atoms with van der Waals surface area (Å²) in [5.74, 6) is -2.43. The van der Waals surface area contributed by atoms with Crippen LogP contribution < -0.4 is 5.32 Å². The summed E-state index contributed by atoms with van der Waals surface area (Å²) >= 11 is 0. The van der Waals surface area contributed by atoms with Crippen molar-refractivity contribution < 1.29 is 28.8 Å². The van der Waals surface area contributed by atoms with E-state index >= 15 is 0 Å². The van der Waals surface area contributed by atoms with Crippen molar-refractivity contribution in [3.63, 3.8) is 0 Å². The molecule has 126 valence electrons. The number of fused-ring (bicyclic) bond motifs is 1. The summed E-state index contributed by atoms with van der Waals surface area (Å²) in [5.41, 5.74) is 0.392. The number of anilines is 1. The van der Waals surface area contributed by atoms with E-state index in [0.29, 0.717) is 5.06 Å². The van der Waals surface area contributed by atoms with Crippen LogP contribution in [0.25, 0.3) is 0 Å². The zero-order valence-electron chi connectivity index (χ0n) is 13.0. The summed E-state index contributed by atoms with van der Waals surface area (Å²) < 4.78 is 4.48. The van der Waals surface area contributed by atoms with Crippen LogP contribution in [0.2, 0.25) is 0 Å². The Morgan fingerprint density at radius 3 is 2.08 bits per heavy atom. The van der Waals surface area contributed by atoms with Crippen LogP contribution in [0.4, 0.5) is 10.5 Å². The molecule has 3 rings (SSSR count). The number of imide groups is 1. The summed E-state index contributed by atoms with van der Waals surface area (Å²) in [4.78, 5) is 53.1. The first kappa shape index (κ1) is 16.2. The van der Waals surface area contributed by atoms with Crippen LogP contribution >= 0.6 is 0 Å². The molecule has 0 aliphatic carbocycles. The van der Waals surface area contributed by atoms with E-state index in [1.54, 1.807) is 24.3 Å². The number of amides is 3. The molecule has 0 bridgehead atoms. The predicted octanol–water partition coefficient (Wildman–Crippen LogP) is 2.23. The van der Waals surface area contributed by atoms with Crippen molar-refractivity contribution in [1.82, 2.24) is 5.06 Å². The van der Waals surface area contributed by atoms with Gasteiger partial charge in [-0.15, -0.1) is 0 Å². The Morgan fingerprint density at radius 1 is 0.920 bits per heavy atom. The summed E-state index contributed by atoms with van der Waals surface area (Å²) in [6.07, 6.45) is -0.777. The van der Waals surface area contributed by atoms with E-state index in [1.165, 1.54) is 31.4 Å². The molecule has 0 spiro atoms. The van der Waals surface area contributed by atoms with Crippen molar-refractivity contribution in [3.8, 4) is 0 Å². The highest BCUT2D eigenvalue weighted by Crippen LogP contribution is 2.24. The van der Waals surface area contributed by atoms with Crippen molar-refractivity contribution in [1.29, 1.82) is 0 Å². The van der Waals surface area contributed by atoms with Crippen molar-refractivity contribution in [2.45, 2.75) is 0 Å². The largest absolute Gasteiger partial charge is 0.453 e. The normalized spacial score (nSPS) is 12.6. The number of carbonyl (C=O) groups excluding carboxylic acids is 4. The summed E-state index contributed by atoms with van der Waals surface area (Å²) in [6.45, 7) is 0. The molecule has 1 heterocycles. The molecular formula is C17H12N2O6. The fourth-order valence-electron chi connectivity index (χ4n) is 2.31. The molecule has 8 heteroatoms. The van der Waals surface area contributed by atoms with Crippen LogP contribution in [-0.2, 0) is 9.57 Å². The number of methoxy groups -OCH3 is 1. The van der Waals surface area contributed by atoms with Crippen LogP contribution in [0.5, 0.6) is 0 Å². The number of hydrogen-bond donors (Lipinski definition) is 1. The lowest BCUT2D eigenvalue weighted by Crippen LogP contribution is -2.33. The van der Waals surface area contributed by atoms with Crippen LogP contribution in [-0.4, -0.2) is 36.0 Å². The molecule has 8 nitrogen and oxygen atoms in total. The van der Waals surface area contributed by atoms with E-state index in [4.69, 9.17) is 4.84 Å². The van der Waals surface area contributed by atoms with Crippen LogP contribution in [0.3, 0.4) is 0 Å². The van der Waals surface area contributed by atoms with Gasteiger partial charge in [0.2, 0.25) is 0 Å². The predicted molar refractivity (Wildman–Crippen MR) is 84.8 cm³/mol. The van der Waals surface area contributed by atoms with E-state index < -0.39 is 23.9 Å². The number of para-hydroxylation sites is 1. The number of rotatable bonds is 3. The van der Waals surface area contributed by atoms with Gasteiger partial charge in [0.05, 0.1) is 29.5 Å². The van der Waals surface area contributed by atoms with Gasteiger partial charge in [0.15, 0.2) is 0 Å². The Hall–Kier alpha value is -3.68. The molecule has 1 aliphatic heterocycles. The lowest BCUT2D eigenvalue weighted by atomic mass is 10.1. The van der Waals surface area contributed by atoms with Gasteiger partial charge in [0.1, 0.15) is 0 Å². The Labute approximate surface area is 141 Å². The van der Waals surface area contributed by atoms with E-state index in [1.807, 2.05) is 0 Å². The summed E-state index contributed by atoms with van der Waals surface area (Å²) in [6, 6.07) is 12.1. The monoisotopic (exact) mass is 340 g/mol. The van der Waals surface area contributed by atoms with Crippen molar-refractivity contribution in [2.75, 3.05) is 12.4 Å². The van der Waals surface area contributed by atoms with Crippen molar-refractivity contribution in [2.24, 2.45) is 0 Å². The molecule has 1 aliphatic rings. The number of hydroxylamine groups is 2. The van der Waals surface area contributed by atoms with Gasteiger partial charge < -0.3 is 9.57 Å². The van der Waals surface area contributed by atoms with Crippen LogP contribution in [0.15, 0.2) is 48.5 Å². The van der Waals surface area contributed by atoms with Gasteiger partial charge in [-0.2, -0.15) is 0 Å². The highest BCUT2D eigenvalue weighted by Gasteiger charge is 2.39. The summed E-state index contributed by atoms with van der Waals surface area (Å²) in [5, 5.41) is 2.76. The molecular weight excluding hydrogens is 328 g/mol. The van der Waals surface area contributed by atoms with Gasteiger partial charge in [-0.05, 0) is 24.3 Å². The van der Waals surface area contributed by atoms with Crippen LogP contribution in [0.1, 0.15) is 31.1 Å². The third-order valence-corrected chi connectivity index (χ3v) is 3.50. The molecule has 25 heavy (non-hydrogen) atoms. The quantitative estimate of drug-likeness (QED) is 0.860. The first-order valence-corrected chi connectivity index (χ1v) is 7.17. The molecule has 0 unspecified atom stereocenters. The number of ether oxygens (including phenoxy) is 1. The molecule has 0 atom stereocenters. The number of hydrogen-bond acceptors (Lipinski definition) is 6. The SMILES string of the molecule is COC(=O)Nc1ccccc1C(=O)ON1C(=O)c2ccccc2C1=O. The molecule has 0 aromatic heterocycles. The highest BCUT2D eigenvalue weighted by molar-refractivity contribution is 6.21. The van der Waals surface area contributed by atoms with Gasteiger partial charge in [0.25, 0.3) is 11.8 Å². The van der Waals surface area contributed by atoms with E-state index in [0.717, 1.165) is 0 Å². The Kier molecular flexibility index (Phi) is 4.17. The van der Waals surface area contributed by atoms with Gasteiger partial charge in [-0.3, -0.25) is 14.9 Å². The second-order valence-electron chi connectivity index (χ2n) is 4.99. The van der Waals surface area contributed by atoms with E-state index in [9.17, 15) is 19.2 Å². The molecule has 0 saturated heterocycles. The number of nitrogens with one attached hydrogen (secondary N) is 1. The molecule has 0 radical (unpaired) electrons. The highest BCUT2D eigenvalue weighted by atomic mass is 16.7. The van der Waals surface area contributed by atoms with Gasteiger partial charge in [0, 0.05) is 0 Å². The maximum absolute atomic E-state index is 12.4. The maximum Gasteiger partial charge on any atom is 0.411 e. The first-order chi connectivity index (χ1) is 12.0. The number of benzene rings is 2. The third-order valence-electron chi connectivity index (χ3n) is 3.50. The van der Waals surface area contributed by atoms with Gasteiger partial charge in [-0.1, -0.05) is 29.3 Å². The van der Waals surface area contributed by atoms with Crippen molar-refractivity contribution in [3.05, 3.63) is 65.2 Å². The molecule has 2 aromatic carbocycles. The van der Waals surface area contributed by atoms with Crippen LogP contribution in [0, 0.1) is 0 Å². The third kappa shape index (κ3) is 2.92. The average molecular weight is 340 g/mol. The fraction of sp³-hybridized carbons (Fsp3) is 0.0588. The van der Waals surface area contributed by atoms with Crippen molar-refractivity contribution >= 4 is 29.6 Å². The minimum atomic E-state index is -0.971. The number of carbonyl (C=O) groups is 4. The second-order valence-corrected chi connectivity index (χ2v) is 4.99. The standard InChI is InChI=1S/C17H12N2O6/c1-24-17(23)18-13-9-5-4-8-12(13)16(22)25-19-14(20)10-6-2-3-7-11(10)15(19)21/h2-9H,1H3,(H,18,23). The fourth-order valence-corrected chi connectivity index (χ4v) is 2.31. The van der Waals surface area contributed by atoms with Gasteiger partial charge in [-0.25, -0.2) is 9.59 Å². The Morgan fingerprint density at radius 2 is 1.48 bits per heavy atom. The molecule has 0 fully saturated rings. The minimum absolute atomic E-state index is 0.0375. The molecule has 0 saturated carbocycles. The van der Waals surface area contributed by atoms with Gasteiger partial charge >= 0.3 is 12.1 Å². The second kappa shape index (κ2) is 6.44. The first-order valence-electron chi connectivity index (χ1n) is 7.17. The lowest BCUT2D eigenvalue weighted by molar-refractivity contribution is -0.0583. The zero-order valence-corrected chi connectivity index (χ0v) is 13.0. The lowest BCUT2D eigenvalue weighted by Gasteiger charge is -2.14. The van der Waals surface area contributed by atoms with E-state index in [-0.39, 0.29) is 22.4 Å². The maximum atomic E-state index is 12.4. The Bertz CT molecular complexity index is 857.